The zero-order chi connectivity index (χ0) is 14.5. The van der Waals surface area contributed by atoms with E-state index in [0.29, 0.717) is 12.1 Å². The van der Waals surface area contributed by atoms with Gasteiger partial charge in [0.2, 0.25) is 0 Å². The predicted octanol–water partition coefficient (Wildman–Crippen LogP) is 4.45. The van der Waals surface area contributed by atoms with Crippen LogP contribution in [-0.4, -0.2) is 19.1 Å². The average Bonchev–Trinajstić information content (AvgIpc) is 2.53. The van der Waals surface area contributed by atoms with Crippen molar-refractivity contribution in [3.05, 3.63) is 65.7 Å². The highest BCUT2D eigenvalue weighted by Crippen LogP contribution is 2.29. The Kier molecular flexibility index (Phi) is 4.80. The number of rotatable bonds is 5. The number of methoxy groups -OCH3 is 1. The Bertz CT molecular complexity index is 538. The lowest BCUT2D eigenvalue weighted by molar-refractivity contribution is 0.198. The van der Waals surface area contributed by atoms with E-state index >= 15 is 0 Å². The maximum atomic E-state index is 5.31. The molecule has 0 bridgehead atoms. The van der Waals surface area contributed by atoms with Crippen molar-refractivity contribution >= 4 is 0 Å². The van der Waals surface area contributed by atoms with Crippen molar-refractivity contribution < 1.29 is 4.74 Å². The SMILES string of the molecule is COc1cccc(C(C)N(C)C(C)c2ccccc2)c1. The van der Waals surface area contributed by atoms with Gasteiger partial charge in [-0.3, -0.25) is 4.90 Å². The summed E-state index contributed by atoms with van der Waals surface area (Å²) >= 11 is 0. The number of benzene rings is 2. The van der Waals surface area contributed by atoms with Gasteiger partial charge in [0.1, 0.15) is 5.75 Å². The van der Waals surface area contributed by atoms with Gasteiger partial charge >= 0.3 is 0 Å². The molecular weight excluding hydrogens is 246 g/mol. The molecule has 0 saturated carbocycles. The first-order valence-electron chi connectivity index (χ1n) is 7.04. The van der Waals surface area contributed by atoms with E-state index in [4.69, 9.17) is 4.74 Å². The Morgan fingerprint density at radius 1 is 0.850 bits per heavy atom. The fourth-order valence-corrected chi connectivity index (χ4v) is 2.44. The van der Waals surface area contributed by atoms with Gasteiger partial charge < -0.3 is 4.74 Å². The fraction of sp³-hybridized carbons (Fsp3) is 0.333. The first-order chi connectivity index (χ1) is 9.63. The molecule has 2 unspecified atom stereocenters. The quantitative estimate of drug-likeness (QED) is 0.795. The number of ether oxygens (including phenoxy) is 1. The second kappa shape index (κ2) is 6.58. The monoisotopic (exact) mass is 269 g/mol. The highest BCUT2D eigenvalue weighted by atomic mass is 16.5. The molecule has 20 heavy (non-hydrogen) atoms. The zero-order valence-corrected chi connectivity index (χ0v) is 12.7. The van der Waals surface area contributed by atoms with Crippen molar-refractivity contribution in [1.82, 2.24) is 4.90 Å². The van der Waals surface area contributed by atoms with Crippen LogP contribution in [0.5, 0.6) is 5.75 Å². The van der Waals surface area contributed by atoms with Gasteiger partial charge in [0.25, 0.3) is 0 Å². The summed E-state index contributed by atoms with van der Waals surface area (Å²) in [7, 11) is 3.88. The molecule has 0 heterocycles. The smallest absolute Gasteiger partial charge is 0.119 e. The maximum absolute atomic E-state index is 5.31. The minimum Gasteiger partial charge on any atom is -0.497 e. The Balaban J connectivity index is 2.17. The standard InChI is InChI=1S/C18H23NO/c1-14(16-9-6-5-7-10-16)19(3)15(2)17-11-8-12-18(13-17)20-4/h5-15H,1-4H3. The molecule has 0 aliphatic heterocycles. The molecule has 2 aromatic carbocycles. The first-order valence-corrected chi connectivity index (χ1v) is 7.04. The van der Waals surface area contributed by atoms with E-state index in [1.807, 2.05) is 12.1 Å². The van der Waals surface area contributed by atoms with E-state index in [1.165, 1.54) is 11.1 Å². The summed E-state index contributed by atoms with van der Waals surface area (Å²) < 4.78 is 5.31. The summed E-state index contributed by atoms with van der Waals surface area (Å²) in [5.41, 5.74) is 2.61. The second-order valence-corrected chi connectivity index (χ2v) is 5.20. The zero-order valence-electron chi connectivity index (χ0n) is 12.7. The van der Waals surface area contributed by atoms with Crippen molar-refractivity contribution in [3.63, 3.8) is 0 Å². The number of hydrogen-bond donors (Lipinski definition) is 0. The number of hydrogen-bond acceptors (Lipinski definition) is 2. The summed E-state index contributed by atoms with van der Waals surface area (Å²) in [4.78, 5) is 2.38. The fourth-order valence-electron chi connectivity index (χ4n) is 2.44. The molecule has 2 rings (SSSR count). The van der Waals surface area contributed by atoms with E-state index < -0.39 is 0 Å². The van der Waals surface area contributed by atoms with Crippen LogP contribution in [0, 0.1) is 0 Å². The van der Waals surface area contributed by atoms with Gasteiger partial charge in [-0.1, -0.05) is 42.5 Å². The highest BCUT2D eigenvalue weighted by Gasteiger charge is 2.18. The minimum absolute atomic E-state index is 0.334. The van der Waals surface area contributed by atoms with Crippen LogP contribution in [-0.2, 0) is 0 Å². The minimum atomic E-state index is 0.334. The predicted molar refractivity (Wildman–Crippen MR) is 84.0 cm³/mol. The Labute approximate surface area is 122 Å². The summed E-state index contributed by atoms with van der Waals surface area (Å²) in [5, 5.41) is 0. The van der Waals surface area contributed by atoms with Gasteiger partial charge in [0, 0.05) is 12.1 Å². The Hall–Kier alpha value is -1.80. The van der Waals surface area contributed by atoms with Crippen LogP contribution in [0.1, 0.15) is 37.1 Å². The van der Waals surface area contributed by atoms with Crippen LogP contribution in [0.25, 0.3) is 0 Å². The molecule has 0 aliphatic rings. The van der Waals surface area contributed by atoms with Crippen molar-refractivity contribution in [2.24, 2.45) is 0 Å². The van der Waals surface area contributed by atoms with E-state index in [9.17, 15) is 0 Å². The normalized spacial score (nSPS) is 14.1. The van der Waals surface area contributed by atoms with Crippen molar-refractivity contribution in [2.45, 2.75) is 25.9 Å². The Morgan fingerprint density at radius 2 is 1.45 bits per heavy atom. The molecule has 2 heteroatoms. The molecule has 0 aromatic heterocycles. The van der Waals surface area contributed by atoms with Gasteiger partial charge in [0.15, 0.2) is 0 Å². The highest BCUT2D eigenvalue weighted by molar-refractivity contribution is 5.30. The first kappa shape index (κ1) is 14.6. The molecule has 0 fully saturated rings. The molecule has 2 atom stereocenters. The van der Waals surface area contributed by atoms with Gasteiger partial charge in [-0.25, -0.2) is 0 Å². The van der Waals surface area contributed by atoms with Gasteiger partial charge in [-0.05, 0) is 44.2 Å². The Morgan fingerprint density at radius 3 is 2.10 bits per heavy atom. The van der Waals surface area contributed by atoms with E-state index in [1.54, 1.807) is 7.11 Å². The molecular formula is C18H23NO. The number of nitrogens with zero attached hydrogens (tertiary/aromatic N) is 1. The third kappa shape index (κ3) is 3.20. The van der Waals surface area contributed by atoms with Gasteiger partial charge in [0.05, 0.1) is 7.11 Å². The van der Waals surface area contributed by atoms with Crippen LogP contribution >= 0.6 is 0 Å². The van der Waals surface area contributed by atoms with E-state index in [2.05, 4.69) is 68.3 Å². The molecule has 0 saturated heterocycles. The van der Waals surface area contributed by atoms with Crippen LogP contribution in [0.3, 0.4) is 0 Å². The second-order valence-electron chi connectivity index (χ2n) is 5.20. The maximum Gasteiger partial charge on any atom is 0.119 e. The van der Waals surface area contributed by atoms with E-state index in [-0.39, 0.29) is 0 Å². The molecule has 0 spiro atoms. The summed E-state index contributed by atoms with van der Waals surface area (Å²) in [6, 6.07) is 19.6. The third-order valence-electron chi connectivity index (χ3n) is 4.08. The van der Waals surface area contributed by atoms with Gasteiger partial charge in [-0.2, -0.15) is 0 Å². The van der Waals surface area contributed by atoms with E-state index in [0.717, 1.165) is 5.75 Å². The molecule has 2 nitrogen and oxygen atoms in total. The average molecular weight is 269 g/mol. The molecule has 0 aliphatic carbocycles. The van der Waals surface area contributed by atoms with Crippen molar-refractivity contribution in [1.29, 1.82) is 0 Å². The lowest BCUT2D eigenvalue weighted by Gasteiger charge is -2.31. The lowest BCUT2D eigenvalue weighted by atomic mass is 10.0. The molecule has 2 aromatic rings. The van der Waals surface area contributed by atoms with Gasteiger partial charge in [-0.15, -0.1) is 0 Å². The van der Waals surface area contributed by atoms with Crippen LogP contribution < -0.4 is 4.74 Å². The largest absolute Gasteiger partial charge is 0.497 e. The molecule has 0 radical (unpaired) electrons. The molecule has 106 valence electrons. The van der Waals surface area contributed by atoms with Crippen LogP contribution in [0.2, 0.25) is 0 Å². The third-order valence-corrected chi connectivity index (χ3v) is 4.08. The topological polar surface area (TPSA) is 12.5 Å². The summed E-state index contributed by atoms with van der Waals surface area (Å²) in [6.45, 7) is 4.47. The molecule has 0 N–H and O–H groups in total. The van der Waals surface area contributed by atoms with Crippen LogP contribution in [0.15, 0.2) is 54.6 Å². The lowest BCUT2D eigenvalue weighted by Crippen LogP contribution is -2.25. The molecule has 0 amide bonds. The van der Waals surface area contributed by atoms with Crippen LogP contribution in [0.4, 0.5) is 0 Å². The summed E-state index contributed by atoms with van der Waals surface area (Å²) in [5.74, 6) is 0.912. The summed E-state index contributed by atoms with van der Waals surface area (Å²) in [6.07, 6.45) is 0. The van der Waals surface area contributed by atoms with Crippen molar-refractivity contribution in [3.8, 4) is 5.75 Å². The van der Waals surface area contributed by atoms with Crippen molar-refractivity contribution in [2.75, 3.05) is 14.2 Å².